The topological polar surface area (TPSA) is 49.3 Å². The Morgan fingerprint density at radius 2 is 2.23 bits per heavy atom. The van der Waals surface area contributed by atoms with Gasteiger partial charge in [-0.05, 0) is 5.92 Å². The van der Waals surface area contributed by atoms with Gasteiger partial charge < -0.3 is 5.11 Å². The highest BCUT2D eigenvalue weighted by Gasteiger charge is 2.32. The highest BCUT2D eigenvalue weighted by molar-refractivity contribution is 8.00. The minimum absolute atomic E-state index is 0.337. The lowest BCUT2D eigenvalue weighted by Gasteiger charge is -2.20. The highest BCUT2D eigenvalue weighted by atomic mass is 32.2. The number of carboxylic acids is 1. The molecule has 0 amide bonds. The first kappa shape index (κ1) is 10.9. The van der Waals surface area contributed by atoms with Gasteiger partial charge in [0.25, 0.3) is 0 Å². The Hall–Kier alpha value is -0.220. The van der Waals surface area contributed by atoms with Crippen LogP contribution in [0.2, 0.25) is 0 Å². The second kappa shape index (κ2) is 4.86. The van der Waals surface area contributed by atoms with Crippen molar-refractivity contribution in [2.45, 2.75) is 38.1 Å². The van der Waals surface area contributed by atoms with Crippen molar-refractivity contribution in [2.24, 2.45) is 5.92 Å². The van der Waals surface area contributed by atoms with Crippen molar-refractivity contribution in [3.8, 4) is 0 Å². The normalized spacial score (nSPS) is 28.2. The van der Waals surface area contributed by atoms with Crippen LogP contribution >= 0.6 is 11.8 Å². The Balaban J connectivity index is 2.43. The summed E-state index contributed by atoms with van der Waals surface area (Å²) in [5, 5.41) is 12.3. The lowest BCUT2D eigenvalue weighted by molar-refractivity contribution is -0.138. The molecule has 0 bridgehead atoms. The van der Waals surface area contributed by atoms with E-state index in [-0.39, 0.29) is 6.04 Å². The maximum absolute atomic E-state index is 10.7. The van der Waals surface area contributed by atoms with Crippen LogP contribution in [0.4, 0.5) is 0 Å². The van der Waals surface area contributed by atoms with E-state index in [4.69, 9.17) is 5.11 Å². The molecule has 0 aromatic rings. The van der Waals surface area contributed by atoms with E-state index in [1.54, 1.807) is 11.8 Å². The average Bonchev–Trinajstić information content (AvgIpc) is 2.56. The second-order valence-corrected chi connectivity index (χ2v) is 4.56. The molecule has 0 aromatic heterocycles. The molecule has 0 saturated carbocycles. The summed E-state index contributed by atoms with van der Waals surface area (Å²) in [7, 11) is 0. The minimum atomic E-state index is -0.721. The molecule has 1 heterocycles. The van der Waals surface area contributed by atoms with Gasteiger partial charge >= 0.3 is 5.97 Å². The van der Waals surface area contributed by atoms with Crippen LogP contribution in [-0.2, 0) is 4.79 Å². The largest absolute Gasteiger partial charge is 0.480 e. The first-order valence-corrected chi connectivity index (χ1v) is 5.84. The van der Waals surface area contributed by atoms with Crippen molar-refractivity contribution in [1.29, 1.82) is 0 Å². The summed E-state index contributed by atoms with van der Waals surface area (Å²) >= 11 is 1.74. The quantitative estimate of drug-likeness (QED) is 0.727. The highest BCUT2D eigenvalue weighted by Crippen LogP contribution is 2.28. The van der Waals surface area contributed by atoms with Gasteiger partial charge in [-0.15, -0.1) is 11.8 Å². The first-order valence-electron chi connectivity index (χ1n) is 4.79. The molecule has 0 aliphatic carbocycles. The molecule has 4 heteroatoms. The van der Waals surface area contributed by atoms with Gasteiger partial charge in [0.15, 0.2) is 0 Å². The molecule has 2 N–H and O–H groups in total. The zero-order valence-electron chi connectivity index (χ0n) is 8.12. The Morgan fingerprint density at radius 3 is 2.62 bits per heavy atom. The summed E-state index contributed by atoms with van der Waals surface area (Å²) < 4.78 is 0. The van der Waals surface area contributed by atoms with E-state index < -0.39 is 5.97 Å². The van der Waals surface area contributed by atoms with Gasteiger partial charge in [-0.25, -0.2) is 0 Å². The molecular formula is C9H17NO2S. The van der Waals surface area contributed by atoms with Crippen molar-refractivity contribution in [2.75, 3.05) is 5.75 Å². The number of aliphatic carboxylic acids is 1. The minimum Gasteiger partial charge on any atom is -0.480 e. The maximum Gasteiger partial charge on any atom is 0.321 e. The number of carbonyl (C=O) groups is 1. The van der Waals surface area contributed by atoms with Crippen molar-refractivity contribution < 1.29 is 9.90 Å². The molecule has 3 nitrogen and oxygen atoms in total. The molecule has 2 atom stereocenters. The van der Waals surface area contributed by atoms with Crippen molar-refractivity contribution in [3.63, 3.8) is 0 Å². The predicted molar refractivity (Wildman–Crippen MR) is 54.9 cm³/mol. The first-order chi connectivity index (χ1) is 6.19. The van der Waals surface area contributed by atoms with Crippen LogP contribution < -0.4 is 5.32 Å². The van der Waals surface area contributed by atoms with E-state index in [1.165, 1.54) is 0 Å². The number of rotatable bonds is 4. The summed E-state index contributed by atoms with van der Waals surface area (Å²) in [6, 6.07) is -0.337. The fourth-order valence-electron chi connectivity index (χ4n) is 1.63. The third kappa shape index (κ3) is 2.61. The van der Waals surface area contributed by atoms with Crippen LogP contribution in [-0.4, -0.2) is 28.2 Å². The number of hydrogen-bond acceptors (Lipinski definition) is 3. The summed E-state index contributed by atoms with van der Waals surface area (Å²) in [6.45, 7) is 4.31. The Labute approximate surface area is 83.3 Å². The molecule has 13 heavy (non-hydrogen) atoms. The predicted octanol–water partition coefficient (Wildman–Crippen LogP) is 1.54. The molecule has 1 rings (SSSR count). The second-order valence-electron chi connectivity index (χ2n) is 3.39. The average molecular weight is 203 g/mol. The van der Waals surface area contributed by atoms with Crippen LogP contribution in [0, 0.1) is 5.92 Å². The molecule has 1 aliphatic heterocycles. The van der Waals surface area contributed by atoms with Crippen LogP contribution in [0.5, 0.6) is 0 Å². The molecule has 1 fully saturated rings. The number of thioether (sulfide) groups is 1. The van der Waals surface area contributed by atoms with E-state index in [2.05, 4.69) is 19.2 Å². The van der Waals surface area contributed by atoms with Gasteiger partial charge in [-0.1, -0.05) is 26.7 Å². The van der Waals surface area contributed by atoms with E-state index in [1.807, 2.05) is 0 Å². The van der Waals surface area contributed by atoms with Gasteiger partial charge in [-0.3, -0.25) is 10.1 Å². The van der Waals surface area contributed by atoms with Crippen LogP contribution in [0.3, 0.4) is 0 Å². The zero-order chi connectivity index (χ0) is 9.84. The van der Waals surface area contributed by atoms with Crippen molar-refractivity contribution in [1.82, 2.24) is 5.32 Å². The fraction of sp³-hybridized carbons (Fsp3) is 0.889. The molecule has 76 valence electrons. The summed E-state index contributed by atoms with van der Waals surface area (Å²) in [6.07, 6.45) is 2.24. The number of nitrogens with one attached hydrogen (secondary N) is 1. The van der Waals surface area contributed by atoms with Crippen LogP contribution in [0.15, 0.2) is 0 Å². The Morgan fingerprint density at radius 1 is 1.62 bits per heavy atom. The third-order valence-electron chi connectivity index (χ3n) is 2.58. The lowest BCUT2D eigenvalue weighted by atomic mass is 10.0. The number of carboxylic acid groups (broad SMARTS) is 1. The van der Waals surface area contributed by atoms with Gasteiger partial charge in [0.2, 0.25) is 0 Å². The van der Waals surface area contributed by atoms with E-state index in [0.717, 1.165) is 12.8 Å². The Bertz CT molecular complexity index is 182. The van der Waals surface area contributed by atoms with Crippen molar-refractivity contribution >= 4 is 17.7 Å². The lowest BCUT2D eigenvalue weighted by Crippen LogP contribution is -2.39. The molecule has 0 unspecified atom stereocenters. The molecule has 1 saturated heterocycles. The monoisotopic (exact) mass is 203 g/mol. The summed E-state index contributed by atoms with van der Waals surface area (Å²) in [4.78, 5) is 10.7. The maximum atomic E-state index is 10.7. The fourth-order valence-corrected chi connectivity index (χ4v) is 3.18. The standard InChI is InChI=1S/C9H17NO2S/c1-3-6(4-2)8-10-7(5-13-8)9(11)12/h6-8,10H,3-5H2,1-2H3,(H,11,12)/t7-,8+/m1/s1. The molecule has 0 aromatic carbocycles. The van der Waals surface area contributed by atoms with Gasteiger partial charge in [0.1, 0.15) is 6.04 Å². The smallest absolute Gasteiger partial charge is 0.321 e. The van der Waals surface area contributed by atoms with Gasteiger partial charge in [0.05, 0.1) is 5.37 Å². The van der Waals surface area contributed by atoms with E-state index in [0.29, 0.717) is 17.0 Å². The van der Waals surface area contributed by atoms with Crippen molar-refractivity contribution in [3.05, 3.63) is 0 Å². The Kier molecular flexibility index (Phi) is 4.06. The van der Waals surface area contributed by atoms with Crippen LogP contribution in [0.1, 0.15) is 26.7 Å². The molecule has 0 radical (unpaired) electrons. The van der Waals surface area contributed by atoms with Gasteiger partial charge in [0, 0.05) is 5.75 Å². The zero-order valence-corrected chi connectivity index (χ0v) is 8.93. The molecular weight excluding hydrogens is 186 g/mol. The van der Waals surface area contributed by atoms with Gasteiger partial charge in [-0.2, -0.15) is 0 Å². The number of hydrogen-bond donors (Lipinski definition) is 2. The summed E-state index contributed by atoms with van der Waals surface area (Å²) in [5.41, 5.74) is 0. The van der Waals surface area contributed by atoms with Crippen LogP contribution in [0.25, 0.3) is 0 Å². The SMILES string of the molecule is CCC(CC)[C@H]1N[C@@H](C(=O)O)CS1. The third-order valence-corrected chi connectivity index (χ3v) is 3.99. The molecule has 0 spiro atoms. The van der Waals surface area contributed by atoms with E-state index >= 15 is 0 Å². The molecule has 1 aliphatic rings. The summed E-state index contributed by atoms with van der Waals surface area (Å²) in [5.74, 6) is 0.589. The van der Waals surface area contributed by atoms with E-state index in [9.17, 15) is 4.79 Å².